The topological polar surface area (TPSA) is 9.23 Å². The van der Waals surface area contributed by atoms with Gasteiger partial charge in [-0.15, -0.1) is 11.6 Å². The second-order valence-corrected chi connectivity index (χ2v) is 4.77. The van der Waals surface area contributed by atoms with E-state index in [1.807, 2.05) is 42.1 Å². The van der Waals surface area contributed by atoms with Crippen LogP contribution in [0.5, 0.6) is 5.75 Å². The Kier molecular flexibility index (Phi) is 7.58. The van der Waals surface area contributed by atoms with Crippen molar-refractivity contribution in [3.8, 4) is 5.75 Å². The number of hydrogen-bond donors (Lipinski definition) is 0. The van der Waals surface area contributed by atoms with Gasteiger partial charge in [0, 0.05) is 5.88 Å². The van der Waals surface area contributed by atoms with Crippen molar-refractivity contribution in [2.45, 2.75) is 12.8 Å². The molecule has 0 aliphatic carbocycles. The Morgan fingerprint density at radius 1 is 1.07 bits per heavy atom. The van der Waals surface area contributed by atoms with Crippen LogP contribution in [0, 0.1) is 0 Å². The maximum Gasteiger partial charge on any atom is 0.119 e. The van der Waals surface area contributed by atoms with Gasteiger partial charge in [0.15, 0.2) is 0 Å². The van der Waals surface area contributed by atoms with Crippen molar-refractivity contribution in [2.75, 3.05) is 24.0 Å². The molecular weight excluding hydrogens is 228 g/mol. The first-order valence-electron chi connectivity index (χ1n) is 5.25. The Morgan fingerprint density at radius 3 is 2.53 bits per heavy atom. The van der Waals surface area contributed by atoms with Gasteiger partial charge in [0.1, 0.15) is 5.75 Å². The lowest BCUT2D eigenvalue weighted by atomic mass is 10.3. The van der Waals surface area contributed by atoms with E-state index in [-0.39, 0.29) is 0 Å². The van der Waals surface area contributed by atoms with Gasteiger partial charge in [-0.2, -0.15) is 11.8 Å². The van der Waals surface area contributed by atoms with Crippen LogP contribution in [0.25, 0.3) is 0 Å². The number of para-hydroxylation sites is 1. The molecule has 3 heteroatoms. The quantitative estimate of drug-likeness (QED) is 0.508. The van der Waals surface area contributed by atoms with Crippen LogP contribution in [0.1, 0.15) is 12.8 Å². The lowest BCUT2D eigenvalue weighted by Crippen LogP contribution is -1.98. The second-order valence-electron chi connectivity index (χ2n) is 3.17. The van der Waals surface area contributed by atoms with E-state index in [1.54, 1.807) is 0 Å². The summed E-state index contributed by atoms with van der Waals surface area (Å²) in [5, 5.41) is 0. The highest BCUT2D eigenvalue weighted by Crippen LogP contribution is 2.10. The van der Waals surface area contributed by atoms with Gasteiger partial charge < -0.3 is 4.74 Å². The molecule has 0 heterocycles. The van der Waals surface area contributed by atoms with Crippen LogP contribution in [-0.4, -0.2) is 24.0 Å². The van der Waals surface area contributed by atoms with Gasteiger partial charge in [-0.05, 0) is 36.5 Å². The van der Waals surface area contributed by atoms with Crippen LogP contribution in [0.3, 0.4) is 0 Å². The van der Waals surface area contributed by atoms with Crippen LogP contribution in [-0.2, 0) is 0 Å². The van der Waals surface area contributed by atoms with Crippen LogP contribution < -0.4 is 4.74 Å². The molecule has 0 unspecified atom stereocenters. The van der Waals surface area contributed by atoms with Gasteiger partial charge in [0.2, 0.25) is 0 Å². The molecule has 0 aliphatic rings. The molecule has 0 atom stereocenters. The predicted molar refractivity (Wildman–Crippen MR) is 69.2 cm³/mol. The van der Waals surface area contributed by atoms with Gasteiger partial charge in [-0.3, -0.25) is 0 Å². The van der Waals surface area contributed by atoms with E-state index in [2.05, 4.69) is 0 Å². The fourth-order valence-electron chi connectivity index (χ4n) is 1.13. The summed E-state index contributed by atoms with van der Waals surface area (Å²) in [6.45, 7) is 0.803. The monoisotopic (exact) mass is 244 g/mol. The molecule has 1 nitrogen and oxygen atoms in total. The van der Waals surface area contributed by atoms with Crippen LogP contribution in [0.4, 0.5) is 0 Å². The Balaban J connectivity index is 1.93. The Hall–Kier alpha value is -0.340. The lowest BCUT2D eigenvalue weighted by molar-refractivity contribution is 0.319. The van der Waals surface area contributed by atoms with E-state index >= 15 is 0 Å². The smallest absolute Gasteiger partial charge is 0.119 e. The molecule has 15 heavy (non-hydrogen) atoms. The zero-order chi connectivity index (χ0) is 10.8. The van der Waals surface area contributed by atoms with Crippen LogP contribution in [0.15, 0.2) is 30.3 Å². The highest BCUT2D eigenvalue weighted by Gasteiger charge is 1.92. The van der Waals surface area contributed by atoms with Crippen molar-refractivity contribution in [3.05, 3.63) is 30.3 Å². The second kappa shape index (κ2) is 8.93. The van der Waals surface area contributed by atoms with Gasteiger partial charge in [-0.25, -0.2) is 0 Å². The van der Waals surface area contributed by atoms with E-state index in [1.165, 1.54) is 0 Å². The first-order valence-corrected chi connectivity index (χ1v) is 6.94. The summed E-state index contributed by atoms with van der Waals surface area (Å²) in [6.07, 6.45) is 2.20. The molecule has 0 amide bonds. The minimum absolute atomic E-state index is 0.771. The molecule has 0 fully saturated rings. The minimum Gasteiger partial charge on any atom is -0.494 e. The van der Waals surface area contributed by atoms with E-state index in [9.17, 15) is 0 Å². The summed E-state index contributed by atoms with van der Waals surface area (Å²) >= 11 is 7.53. The first-order chi connectivity index (χ1) is 7.43. The summed E-state index contributed by atoms with van der Waals surface area (Å²) in [5.74, 6) is 4.05. The summed E-state index contributed by atoms with van der Waals surface area (Å²) in [5.41, 5.74) is 0. The molecule has 0 aromatic heterocycles. The Labute approximate surface area is 101 Å². The Bertz CT molecular complexity index is 241. The fourth-order valence-corrected chi connectivity index (χ4v) is 2.29. The third-order valence-electron chi connectivity index (χ3n) is 1.87. The number of hydrogen-bond acceptors (Lipinski definition) is 2. The van der Waals surface area contributed by atoms with Crippen molar-refractivity contribution in [1.82, 2.24) is 0 Å². The summed E-state index contributed by atoms with van der Waals surface area (Å²) < 4.78 is 5.57. The van der Waals surface area contributed by atoms with Gasteiger partial charge in [-0.1, -0.05) is 18.2 Å². The standard InChI is InChI=1S/C12H17ClOS/c13-8-4-10-15-11-5-9-14-12-6-2-1-3-7-12/h1-3,6-7H,4-5,8-11H2. The van der Waals surface area contributed by atoms with Gasteiger partial charge in [0.05, 0.1) is 6.61 Å². The molecule has 84 valence electrons. The largest absolute Gasteiger partial charge is 0.494 e. The van der Waals surface area contributed by atoms with Crippen LogP contribution in [0.2, 0.25) is 0 Å². The lowest BCUT2D eigenvalue weighted by Gasteiger charge is -2.05. The van der Waals surface area contributed by atoms with Crippen molar-refractivity contribution in [3.63, 3.8) is 0 Å². The van der Waals surface area contributed by atoms with Crippen LogP contribution >= 0.6 is 23.4 Å². The van der Waals surface area contributed by atoms with E-state index < -0.39 is 0 Å². The van der Waals surface area contributed by atoms with Crippen molar-refractivity contribution in [2.24, 2.45) is 0 Å². The molecule has 1 aromatic rings. The SMILES string of the molecule is ClCCCSCCCOc1ccccc1. The van der Waals surface area contributed by atoms with Crippen molar-refractivity contribution < 1.29 is 4.74 Å². The predicted octanol–water partition coefficient (Wildman–Crippen LogP) is 3.82. The number of benzene rings is 1. The number of thioether (sulfide) groups is 1. The molecular formula is C12H17ClOS. The zero-order valence-electron chi connectivity index (χ0n) is 8.82. The minimum atomic E-state index is 0.771. The maximum absolute atomic E-state index is 5.58. The molecule has 0 saturated carbocycles. The number of ether oxygens (including phenoxy) is 1. The van der Waals surface area contributed by atoms with Gasteiger partial charge >= 0.3 is 0 Å². The molecule has 0 aliphatic heterocycles. The van der Waals surface area contributed by atoms with E-state index in [0.29, 0.717) is 0 Å². The third kappa shape index (κ3) is 6.69. The molecule has 1 aromatic carbocycles. The third-order valence-corrected chi connectivity index (χ3v) is 3.29. The molecule has 1 rings (SSSR count). The number of rotatable bonds is 8. The highest BCUT2D eigenvalue weighted by atomic mass is 35.5. The number of halogens is 1. The maximum atomic E-state index is 5.58. The normalized spacial score (nSPS) is 10.2. The number of alkyl halides is 1. The van der Waals surface area contributed by atoms with Crippen molar-refractivity contribution >= 4 is 23.4 Å². The summed E-state index contributed by atoms with van der Waals surface area (Å²) in [4.78, 5) is 0. The van der Waals surface area contributed by atoms with Crippen molar-refractivity contribution in [1.29, 1.82) is 0 Å². The Morgan fingerprint density at radius 2 is 1.80 bits per heavy atom. The average molecular weight is 245 g/mol. The average Bonchev–Trinajstić information content (AvgIpc) is 2.29. The molecule has 0 radical (unpaired) electrons. The fraction of sp³-hybridized carbons (Fsp3) is 0.500. The highest BCUT2D eigenvalue weighted by molar-refractivity contribution is 7.99. The summed E-state index contributed by atoms with van der Waals surface area (Å²) in [7, 11) is 0. The molecule has 0 bridgehead atoms. The zero-order valence-corrected chi connectivity index (χ0v) is 10.4. The van der Waals surface area contributed by atoms with E-state index in [4.69, 9.17) is 16.3 Å². The first kappa shape index (κ1) is 12.7. The summed E-state index contributed by atoms with van der Waals surface area (Å²) in [6, 6.07) is 9.95. The molecule has 0 saturated heterocycles. The molecule has 0 N–H and O–H groups in total. The molecule has 0 spiro atoms. The van der Waals surface area contributed by atoms with E-state index in [0.717, 1.165) is 42.6 Å². The van der Waals surface area contributed by atoms with Gasteiger partial charge in [0.25, 0.3) is 0 Å².